The van der Waals surface area contributed by atoms with Gasteiger partial charge in [0.1, 0.15) is 15.8 Å². The van der Waals surface area contributed by atoms with Gasteiger partial charge in [-0.25, -0.2) is 4.98 Å². The van der Waals surface area contributed by atoms with Crippen LogP contribution in [0.1, 0.15) is 77.2 Å². The Labute approximate surface area is 227 Å². The summed E-state index contributed by atoms with van der Waals surface area (Å²) in [5, 5.41) is 11.9. The molecule has 0 saturated carbocycles. The minimum absolute atomic E-state index is 0.166. The van der Waals surface area contributed by atoms with E-state index in [4.69, 9.17) is 17.3 Å². The van der Waals surface area contributed by atoms with E-state index in [1.807, 2.05) is 6.07 Å². The average Bonchev–Trinajstić information content (AvgIpc) is 3.12. The number of carbonyl (C=O) groups excluding carboxylic acids is 1. The Bertz CT molecular complexity index is 1210. The summed E-state index contributed by atoms with van der Waals surface area (Å²) in [6.07, 6.45) is 11.5. The third-order valence-electron chi connectivity index (χ3n) is 6.12. The van der Waals surface area contributed by atoms with Crippen molar-refractivity contribution in [1.29, 1.82) is 0 Å². The second-order valence-electron chi connectivity index (χ2n) is 9.69. The van der Waals surface area contributed by atoms with E-state index < -0.39 is 5.97 Å². The van der Waals surface area contributed by atoms with E-state index in [1.54, 1.807) is 29.3 Å². The van der Waals surface area contributed by atoms with Gasteiger partial charge >= 0.3 is 5.97 Å². The number of amides is 1. The molecule has 0 bridgehead atoms. The third-order valence-corrected chi connectivity index (χ3v) is 7.50. The molecule has 2 aromatic heterocycles. The number of aromatic nitrogens is 2. The number of carbonyl (C=O) groups is 2. The van der Waals surface area contributed by atoms with Gasteiger partial charge in [-0.1, -0.05) is 82.4 Å². The van der Waals surface area contributed by atoms with Gasteiger partial charge < -0.3 is 10.4 Å². The van der Waals surface area contributed by atoms with E-state index >= 15 is 0 Å². The molecule has 3 rings (SSSR count). The van der Waals surface area contributed by atoms with Crippen LogP contribution in [-0.2, 0) is 9.59 Å². The smallest absolute Gasteiger partial charge is 0.303 e. The quantitative estimate of drug-likeness (QED) is 0.171. The number of carboxylic acid groups (broad SMARTS) is 1. The van der Waals surface area contributed by atoms with Crippen molar-refractivity contribution < 1.29 is 14.7 Å². The lowest BCUT2D eigenvalue weighted by Crippen LogP contribution is -2.29. The molecule has 1 saturated heterocycles. The highest BCUT2D eigenvalue weighted by molar-refractivity contribution is 8.26. The fourth-order valence-corrected chi connectivity index (χ4v) is 5.39. The van der Waals surface area contributed by atoms with Crippen LogP contribution in [0.3, 0.4) is 0 Å². The summed E-state index contributed by atoms with van der Waals surface area (Å²) in [5.41, 5.74) is 0.669. The van der Waals surface area contributed by atoms with Gasteiger partial charge in [0.2, 0.25) is 0 Å². The SMILES string of the molecule is CC(C)CNc1nc2ccccn2c(=O)c1/C=C1\SC(=S)N(CCCCCCCCCCC(=O)O)C1=O. The monoisotopic (exact) mass is 544 g/mol. The van der Waals surface area contributed by atoms with Crippen molar-refractivity contribution in [1.82, 2.24) is 14.3 Å². The first kappa shape index (κ1) is 28.8. The number of nitrogens with one attached hydrogen (secondary N) is 1. The molecule has 8 nitrogen and oxygen atoms in total. The van der Waals surface area contributed by atoms with E-state index in [1.165, 1.54) is 16.2 Å². The maximum atomic E-state index is 13.3. The van der Waals surface area contributed by atoms with Crippen molar-refractivity contribution >= 4 is 57.7 Å². The number of hydrogen-bond acceptors (Lipinski definition) is 7. The Morgan fingerprint density at radius 3 is 2.46 bits per heavy atom. The normalized spacial score (nSPS) is 14.9. The van der Waals surface area contributed by atoms with E-state index in [9.17, 15) is 14.4 Å². The first-order valence-corrected chi connectivity index (χ1v) is 14.2. The topological polar surface area (TPSA) is 104 Å². The van der Waals surface area contributed by atoms with E-state index in [-0.39, 0.29) is 17.9 Å². The standard InChI is InChI=1S/C27H36N4O4S2/c1-19(2)18-28-24-20(25(34)30-15-12-10-13-22(30)29-24)17-21-26(35)31(27(36)37-21)16-11-8-6-4-3-5-7-9-14-23(32)33/h10,12-13,15,17,19,28H,3-9,11,14,16,18H2,1-2H3,(H,32,33)/b21-17-. The molecule has 200 valence electrons. The Hall–Kier alpha value is -2.72. The summed E-state index contributed by atoms with van der Waals surface area (Å²) in [6.45, 7) is 5.37. The molecule has 3 heterocycles. The van der Waals surface area contributed by atoms with Crippen LogP contribution in [0.5, 0.6) is 0 Å². The van der Waals surface area contributed by atoms with Gasteiger partial charge in [0.25, 0.3) is 11.5 Å². The van der Waals surface area contributed by atoms with E-state index in [2.05, 4.69) is 24.1 Å². The van der Waals surface area contributed by atoms with Crippen molar-refractivity contribution in [3.8, 4) is 0 Å². The Morgan fingerprint density at radius 2 is 1.78 bits per heavy atom. The highest BCUT2D eigenvalue weighted by Gasteiger charge is 2.32. The Morgan fingerprint density at radius 1 is 1.11 bits per heavy atom. The molecule has 10 heteroatoms. The molecular weight excluding hydrogens is 508 g/mol. The molecule has 0 aromatic carbocycles. The number of pyridine rings is 1. The van der Waals surface area contributed by atoms with Gasteiger partial charge in [-0.2, -0.15) is 0 Å². The third kappa shape index (κ3) is 8.39. The molecule has 0 spiro atoms. The molecule has 1 amide bonds. The van der Waals surface area contributed by atoms with Crippen LogP contribution in [0.25, 0.3) is 11.7 Å². The number of fused-ring (bicyclic) bond motifs is 1. The second-order valence-corrected chi connectivity index (χ2v) is 11.4. The first-order valence-electron chi connectivity index (χ1n) is 13.0. The zero-order chi connectivity index (χ0) is 26.8. The average molecular weight is 545 g/mol. The van der Waals surface area contributed by atoms with Crippen molar-refractivity contribution in [2.75, 3.05) is 18.4 Å². The van der Waals surface area contributed by atoms with E-state index in [0.717, 1.165) is 51.4 Å². The number of hydrogen-bond donors (Lipinski definition) is 2. The summed E-state index contributed by atoms with van der Waals surface area (Å²) < 4.78 is 2.00. The summed E-state index contributed by atoms with van der Waals surface area (Å²) in [7, 11) is 0. The number of thiocarbonyl (C=S) groups is 1. The highest BCUT2D eigenvalue weighted by Crippen LogP contribution is 2.33. The number of nitrogens with zero attached hydrogens (tertiary/aromatic N) is 3. The molecule has 2 aromatic rings. The molecule has 1 fully saturated rings. The van der Waals surface area contributed by atoms with Crippen molar-refractivity contribution in [3.63, 3.8) is 0 Å². The number of anilines is 1. The highest BCUT2D eigenvalue weighted by atomic mass is 32.2. The maximum absolute atomic E-state index is 13.3. The van der Waals surface area contributed by atoms with Crippen LogP contribution in [0.15, 0.2) is 34.1 Å². The number of aliphatic carboxylic acids is 1. The number of thioether (sulfide) groups is 1. The summed E-state index contributed by atoms with van der Waals surface area (Å²) in [4.78, 5) is 43.7. The molecule has 37 heavy (non-hydrogen) atoms. The van der Waals surface area contributed by atoms with E-state index in [0.29, 0.717) is 45.3 Å². The van der Waals surface area contributed by atoms with Gasteiger partial charge in [0.15, 0.2) is 0 Å². The lowest BCUT2D eigenvalue weighted by atomic mass is 10.1. The lowest BCUT2D eigenvalue weighted by molar-refractivity contribution is -0.137. The van der Waals surface area contributed by atoms with Gasteiger partial charge in [-0.3, -0.25) is 23.7 Å². The van der Waals surface area contributed by atoms with Crippen LogP contribution < -0.4 is 10.9 Å². The maximum Gasteiger partial charge on any atom is 0.303 e. The van der Waals surface area contributed by atoms with Crippen LogP contribution in [0, 0.1) is 5.92 Å². The van der Waals surface area contributed by atoms with Crippen molar-refractivity contribution in [2.45, 2.75) is 71.6 Å². The minimum atomic E-state index is -0.727. The largest absolute Gasteiger partial charge is 0.481 e. The van der Waals surface area contributed by atoms with Crippen molar-refractivity contribution in [3.05, 3.63) is 45.2 Å². The molecule has 0 atom stereocenters. The van der Waals surface area contributed by atoms with Gasteiger partial charge in [-0.05, 0) is 37.0 Å². The number of unbranched alkanes of at least 4 members (excludes halogenated alkanes) is 7. The lowest BCUT2D eigenvalue weighted by Gasteiger charge is -2.14. The first-order chi connectivity index (χ1) is 17.8. The van der Waals surface area contributed by atoms with Crippen LogP contribution >= 0.6 is 24.0 Å². The molecule has 2 N–H and O–H groups in total. The molecule has 1 aliphatic heterocycles. The predicted molar refractivity (Wildman–Crippen MR) is 154 cm³/mol. The zero-order valence-electron chi connectivity index (χ0n) is 21.6. The van der Waals surface area contributed by atoms with Crippen LogP contribution in [0.4, 0.5) is 5.82 Å². The van der Waals surface area contributed by atoms with Crippen LogP contribution in [-0.4, -0.2) is 48.7 Å². The molecule has 1 aliphatic rings. The fraction of sp³-hybridized carbons (Fsp3) is 0.519. The molecule has 0 aliphatic carbocycles. The molecular formula is C27H36N4O4S2. The van der Waals surface area contributed by atoms with Gasteiger partial charge in [0, 0.05) is 25.7 Å². The number of carboxylic acids is 1. The zero-order valence-corrected chi connectivity index (χ0v) is 23.2. The van der Waals surface area contributed by atoms with Gasteiger partial charge in [-0.15, -0.1) is 0 Å². The summed E-state index contributed by atoms with van der Waals surface area (Å²) in [6, 6.07) is 5.39. The summed E-state index contributed by atoms with van der Waals surface area (Å²) in [5.74, 6) is -0.0620. The second kappa shape index (κ2) is 14.3. The summed E-state index contributed by atoms with van der Waals surface area (Å²) >= 11 is 6.72. The number of rotatable bonds is 15. The van der Waals surface area contributed by atoms with Crippen molar-refractivity contribution in [2.24, 2.45) is 5.92 Å². The molecule has 0 unspecified atom stereocenters. The fourth-order valence-electron chi connectivity index (χ4n) is 4.10. The predicted octanol–water partition coefficient (Wildman–Crippen LogP) is 5.56. The van der Waals surface area contributed by atoms with Gasteiger partial charge in [0.05, 0.1) is 10.5 Å². The van der Waals surface area contributed by atoms with Crippen LogP contribution in [0.2, 0.25) is 0 Å². The Kier molecular flexibility index (Phi) is 11.1. The minimum Gasteiger partial charge on any atom is -0.481 e. The Balaban J connectivity index is 1.59. The molecule has 0 radical (unpaired) electrons.